The molecule has 1 rings (SSSR count). The van der Waals surface area contributed by atoms with Gasteiger partial charge in [-0.3, -0.25) is 0 Å². The number of nitrogens with one attached hydrogen (secondary N) is 1. The van der Waals surface area contributed by atoms with Gasteiger partial charge in [-0.05, 0) is 35.0 Å². The van der Waals surface area contributed by atoms with Gasteiger partial charge in [0.25, 0.3) is 0 Å². The average Bonchev–Trinajstić information content (AvgIpc) is 2.16. The molecular formula is C9H11BrN2O3. The molecule has 0 spiro atoms. The lowest BCUT2D eigenvalue weighted by Gasteiger charge is -2.26. The van der Waals surface area contributed by atoms with Gasteiger partial charge in [0, 0.05) is 0 Å². The molecule has 1 unspecified atom stereocenters. The van der Waals surface area contributed by atoms with Crippen molar-refractivity contribution in [3.8, 4) is 0 Å². The molecule has 0 saturated heterocycles. The van der Waals surface area contributed by atoms with Crippen LogP contribution in [0.25, 0.3) is 0 Å². The third kappa shape index (κ3) is 2.90. The van der Waals surface area contributed by atoms with Crippen LogP contribution in [0.15, 0.2) is 22.8 Å². The van der Waals surface area contributed by atoms with Crippen molar-refractivity contribution in [3.05, 3.63) is 28.5 Å². The highest BCUT2D eigenvalue weighted by Gasteiger charge is 2.29. The van der Waals surface area contributed by atoms with Crippen LogP contribution in [0.4, 0.5) is 4.79 Å². The summed E-state index contributed by atoms with van der Waals surface area (Å²) in [6, 6.07) is 5.10. The van der Waals surface area contributed by atoms with Gasteiger partial charge in [0.15, 0.2) is 0 Å². The summed E-state index contributed by atoms with van der Waals surface area (Å²) in [5, 5.41) is 20.1. The van der Waals surface area contributed by atoms with Gasteiger partial charge in [-0.1, -0.05) is 6.07 Å². The number of carboxylic acid groups (broad SMARTS) is 1. The van der Waals surface area contributed by atoms with Crippen LogP contribution in [0.5, 0.6) is 0 Å². The molecule has 0 saturated carbocycles. The second-order valence-electron chi connectivity index (χ2n) is 3.27. The zero-order chi connectivity index (χ0) is 11.5. The molecule has 0 aliphatic rings. The van der Waals surface area contributed by atoms with Crippen molar-refractivity contribution in [3.63, 3.8) is 0 Å². The number of rotatable bonds is 3. The number of carbonyl (C=O) groups is 1. The first-order valence-corrected chi connectivity index (χ1v) is 5.02. The minimum absolute atomic E-state index is 0.358. The van der Waals surface area contributed by atoms with Crippen molar-refractivity contribution in [1.82, 2.24) is 10.3 Å². The number of amides is 1. The minimum atomic E-state index is -1.20. The van der Waals surface area contributed by atoms with Crippen molar-refractivity contribution in [1.29, 1.82) is 0 Å². The normalized spacial score (nSPS) is 14.3. The quantitative estimate of drug-likeness (QED) is 0.726. The molecule has 5 nitrogen and oxygen atoms in total. The molecule has 15 heavy (non-hydrogen) atoms. The standard InChI is InChI=1S/C9H11BrN2O3/c1-9(5-13,12-8(14)15)6-3-2-4-7(10)11-6/h2-4,12-13H,5H2,1H3,(H,14,15). The lowest BCUT2D eigenvalue weighted by atomic mass is 9.98. The molecular weight excluding hydrogens is 264 g/mol. The van der Waals surface area contributed by atoms with Gasteiger partial charge in [-0.15, -0.1) is 0 Å². The van der Waals surface area contributed by atoms with Crippen LogP contribution in [0.1, 0.15) is 12.6 Å². The largest absolute Gasteiger partial charge is 0.465 e. The number of hydrogen-bond donors (Lipinski definition) is 3. The number of aliphatic hydroxyl groups excluding tert-OH is 1. The first kappa shape index (κ1) is 11.9. The summed E-state index contributed by atoms with van der Waals surface area (Å²) in [5.41, 5.74) is -0.628. The van der Waals surface area contributed by atoms with E-state index in [0.717, 1.165) is 0 Å². The van der Waals surface area contributed by atoms with E-state index >= 15 is 0 Å². The van der Waals surface area contributed by atoms with E-state index in [1.807, 2.05) is 0 Å². The summed E-state index contributed by atoms with van der Waals surface area (Å²) < 4.78 is 0.590. The van der Waals surface area contributed by atoms with E-state index in [0.29, 0.717) is 10.3 Å². The molecule has 0 radical (unpaired) electrons. The summed E-state index contributed by atoms with van der Waals surface area (Å²) in [6.07, 6.45) is -1.20. The van der Waals surface area contributed by atoms with Crippen LogP contribution in [0, 0.1) is 0 Å². The predicted octanol–water partition coefficient (Wildman–Crippen LogP) is 1.32. The Hall–Kier alpha value is -1.14. The van der Waals surface area contributed by atoms with Gasteiger partial charge < -0.3 is 15.5 Å². The van der Waals surface area contributed by atoms with Gasteiger partial charge in [0.1, 0.15) is 10.1 Å². The van der Waals surface area contributed by atoms with E-state index in [-0.39, 0.29) is 6.61 Å². The number of aromatic nitrogens is 1. The van der Waals surface area contributed by atoms with Gasteiger partial charge in [-0.25, -0.2) is 9.78 Å². The molecule has 6 heteroatoms. The molecule has 1 atom stereocenters. The molecule has 82 valence electrons. The van der Waals surface area contributed by atoms with Gasteiger partial charge in [0.2, 0.25) is 0 Å². The number of nitrogens with zero attached hydrogens (tertiary/aromatic N) is 1. The fraction of sp³-hybridized carbons (Fsp3) is 0.333. The van der Waals surface area contributed by atoms with Gasteiger partial charge >= 0.3 is 6.09 Å². The van der Waals surface area contributed by atoms with Crippen LogP contribution in [-0.4, -0.2) is 27.9 Å². The Bertz CT molecular complexity index is 372. The fourth-order valence-corrected chi connectivity index (χ4v) is 1.48. The fourth-order valence-electron chi connectivity index (χ4n) is 1.14. The number of halogens is 1. The third-order valence-electron chi connectivity index (χ3n) is 1.98. The Morgan fingerprint density at radius 3 is 2.80 bits per heavy atom. The maximum absolute atomic E-state index is 10.6. The smallest absolute Gasteiger partial charge is 0.405 e. The zero-order valence-electron chi connectivity index (χ0n) is 8.07. The molecule has 1 heterocycles. The van der Waals surface area contributed by atoms with Crippen LogP contribution in [-0.2, 0) is 5.54 Å². The van der Waals surface area contributed by atoms with Crippen LogP contribution >= 0.6 is 15.9 Å². The Labute approximate surface area is 95.3 Å². The van der Waals surface area contributed by atoms with Gasteiger partial charge in [0.05, 0.1) is 12.3 Å². The molecule has 0 bridgehead atoms. The first-order valence-electron chi connectivity index (χ1n) is 4.23. The molecule has 1 aromatic rings. The summed E-state index contributed by atoms with van der Waals surface area (Å²) in [6.45, 7) is 1.21. The lowest BCUT2D eigenvalue weighted by Crippen LogP contribution is -2.46. The maximum atomic E-state index is 10.6. The highest BCUT2D eigenvalue weighted by molar-refractivity contribution is 9.10. The van der Waals surface area contributed by atoms with Crippen LogP contribution in [0.3, 0.4) is 0 Å². The summed E-state index contributed by atoms with van der Waals surface area (Å²) in [5.74, 6) is 0. The zero-order valence-corrected chi connectivity index (χ0v) is 9.65. The molecule has 1 aromatic heterocycles. The molecule has 0 aromatic carbocycles. The van der Waals surface area contributed by atoms with Crippen molar-refractivity contribution < 1.29 is 15.0 Å². The third-order valence-corrected chi connectivity index (χ3v) is 2.42. The van der Waals surface area contributed by atoms with Crippen molar-refractivity contribution >= 4 is 22.0 Å². The van der Waals surface area contributed by atoms with E-state index in [4.69, 9.17) is 5.11 Å². The number of hydrogen-bond acceptors (Lipinski definition) is 3. The van der Waals surface area contributed by atoms with E-state index in [9.17, 15) is 9.90 Å². The minimum Gasteiger partial charge on any atom is -0.465 e. The highest BCUT2D eigenvalue weighted by atomic mass is 79.9. The van der Waals surface area contributed by atoms with Crippen molar-refractivity contribution in [2.75, 3.05) is 6.61 Å². The highest BCUT2D eigenvalue weighted by Crippen LogP contribution is 2.19. The van der Waals surface area contributed by atoms with E-state index in [2.05, 4.69) is 26.2 Å². The summed E-state index contributed by atoms with van der Waals surface area (Å²) >= 11 is 3.18. The van der Waals surface area contributed by atoms with Crippen molar-refractivity contribution in [2.24, 2.45) is 0 Å². The van der Waals surface area contributed by atoms with E-state index < -0.39 is 11.6 Å². The SMILES string of the molecule is CC(CO)(NC(=O)O)c1cccc(Br)n1. The van der Waals surface area contributed by atoms with Crippen LogP contribution in [0.2, 0.25) is 0 Å². The van der Waals surface area contributed by atoms with Gasteiger partial charge in [-0.2, -0.15) is 0 Å². The lowest BCUT2D eigenvalue weighted by molar-refractivity contribution is 0.144. The molecule has 0 aliphatic heterocycles. The number of pyridine rings is 1. The molecule has 3 N–H and O–H groups in total. The second-order valence-corrected chi connectivity index (χ2v) is 4.08. The molecule has 1 amide bonds. The maximum Gasteiger partial charge on any atom is 0.405 e. The van der Waals surface area contributed by atoms with E-state index in [1.165, 1.54) is 0 Å². The monoisotopic (exact) mass is 274 g/mol. The molecule has 0 aliphatic carbocycles. The Morgan fingerprint density at radius 2 is 2.33 bits per heavy atom. The predicted molar refractivity (Wildman–Crippen MR) is 57.5 cm³/mol. The Morgan fingerprint density at radius 1 is 1.67 bits per heavy atom. The molecule has 0 fully saturated rings. The summed E-state index contributed by atoms with van der Waals surface area (Å²) in [7, 11) is 0. The van der Waals surface area contributed by atoms with E-state index in [1.54, 1.807) is 25.1 Å². The van der Waals surface area contributed by atoms with Crippen LogP contribution < -0.4 is 5.32 Å². The number of aliphatic hydroxyl groups is 1. The van der Waals surface area contributed by atoms with Crippen molar-refractivity contribution in [2.45, 2.75) is 12.5 Å². The first-order chi connectivity index (χ1) is 6.98. The Kier molecular flexibility index (Phi) is 3.65. The topological polar surface area (TPSA) is 82.5 Å². The average molecular weight is 275 g/mol. The Balaban J connectivity index is 3.05. The summed E-state index contributed by atoms with van der Waals surface area (Å²) in [4.78, 5) is 14.7. The second kappa shape index (κ2) is 4.59.